The maximum absolute atomic E-state index is 10.1. The second kappa shape index (κ2) is 5.60. The number of nitrogens with zero attached hydrogens (tertiary/aromatic N) is 1. The van der Waals surface area contributed by atoms with Crippen molar-refractivity contribution in [2.45, 2.75) is 33.1 Å². The van der Waals surface area contributed by atoms with Gasteiger partial charge in [0.1, 0.15) is 11.5 Å². The first kappa shape index (κ1) is 15.1. The molecule has 0 bridgehead atoms. The smallest absolute Gasteiger partial charge is 0.124 e. The zero-order valence-corrected chi connectivity index (χ0v) is 12.9. The van der Waals surface area contributed by atoms with Crippen LogP contribution in [-0.4, -0.2) is 16.4 Å². The summed E-state index contributed by atoms with van der Waals surface area (Å²) in [6, 6.07) is 10.7. The summed E-state index contributed by atoms with van der Waals surface area (Å²) in [5.41, 5.74) is 3.06. The predicted octanol–water partition coefficient (Wildman–Crippen LogP) is 4.45. The van der Waals surface area contributed by atoms with E-state index in [9.17, 15) is 10.2 Å². The van der Waals surface area contributed by atoms with Crippen LogP contribution >= 0.6 is 0 Å². The van der Waals surface area contributed by atoms with E-state index in [4.69, 9.17) is 0 Å². The van der Waals surface area contributed by atoms with Crippen molar-refractivity contribution in [3.8, 4) is 11.5 Å². The largest absolute Gasteiger partial charge is 0.508 e. The van der Waals surface area contributed by atoms with E-state index in [0.717, 1.165) is 16.8 Å². The molecule has 2 aromatic carbocycles. The Balaban J connectivity index is 2.43. The van der Waals surface area contributed by atoms with Crippen LogP contribution in [-0.2, 0) is 5.41 Å². The maximum atomic E-state index is 10.1. The molecule has 0 radical (unpaired) electrons. The van der Waals surface area contributed by atoms with Crippen LogP contribution < -0.4 is 0 Å². The molecular weight excluding hydrogens is 262 g/mol. The summed E-state index contributed by atoms with van der Waals surface area (Å²) in [6.45, 7) is 8.05. The van der Waals surface area contributed by atoms with Gasteiger partial charge in [0, 0.05) is 17.3 Å². The standard InChI is InChI=1S/C18H21NO2/c1-12-9-17(21)14(18(2,3)4)10-15(12)19-11-13-7-5-6-8-16(13)20/h5-11,20-21H,1-4H3. The minimum absolute atomic E-state index is 0.156. The van der Waals surface area contributed by atoms with Crippen LogP contribution in [0.25, 0.3) is 0 Å². The summed E-state index contributed by atoms with van der Waals surface area (Å²) in [5.74, 6) is 0.496. The van der Waals surface area contributed by atoms with E-state index in [1.165, 1.54) is 0 Å². The van der Waals surface area contributed by atoms with Crippen molar-refractivity contribution in [2.24, 2.45) is 4.99 Å². The Hall–Kier alpha value is -2.29. The molecule has 0 heterocycles. The van der Waals surface area contributed by atoms with Crippen LogP contribution in [0, 0.1) is 6.92 Å². The topological polar surface area (TPSA) is 52.8 Å². The number of hydrogen-bond acceptors (Lipinski definition) is 3. The third kappa shape index (κ3) is 3.43. The number of phenols is 2. The second-order valence-electron chi connectivity index (χ2n) is 6.22. The van der Waals surface area contributed by atoms with E-state index in [-0.39, 0.29) is 11.2 Å². The lowest BCUT2D eigenvalue weighted by atomic mass is 9.85. The summed E-state index contributed by atoms with van der Waals surface area (Å²) in [7, 11) is 0. The number of rotatable bonds is 2. The van der Waals surface area contributed by atoms with Gasteiger partial charge in [0.15, 0.2) is 0 Å². The highest BCUT2D eigenvalue weighted by Crippen LogP contribution is 2.35. The molecular formula is C18H21NO2. The zero-order chi connectivity index (χ0) is 15.6. The SMILES string of the molecule is Cc1cc(O)c(C(C)(C)C)cc1N=Cc1ccccc1O. The number of benzene rings is 2. The average molecular weight is 283 g/mol. The van der Waals surface area contributed by atoms with E-state index in [1.54, 1.807) is 30.5 Å². The molecule has 2 aromatic rings. The number of aromatic hydroxyl groups is 2. The molecule has 2 N–H and O–H groups in total. The minimum Gasteiger partial charge on any atom is -0.508 e. The lowest BCUT2D eigenvalue weighted by Crippen LogP contribution is -2.11. The Labute approximate surface area is 125 Å². The lowest BCUT2D eigenvalue weighted by Gasteiger charge is -2.21. The second-order valence-corrected chi connectivity index (χ2v) is 6.22. The Bertz CT molecular complexity index is 682. The van der Waals surface area contributed by atoms with Gasteiger partial charge in [-0.2, -0.15) is 0 Å². The molecule has 0 aliphatic carbocycles. The fraction of sp³-hybridized carbons (Fsp3) is 0.278. The van der Waals surface area contributed by atoms with Crippen molar-refractivity contribution in [2.75, 3.05) is 0 Å². The van der Waals surface area contributed by atoms with Crippen molar-refractivity contribution in [3.05, 3.63) is 53.1 Å². The average Bonchev–Trinajstić information content (AvgIpc) is 2.38. The fourth-order valence-electron chi connectivity index (χ4n) is 2.16. The normalized spacial score (nSPS) is 12.0. The van der Waals surface area contributed by atoms with Crippen LogP contribution in [0.15, 0.2) is 41.4 Å². The van der Waals surface area contributed by atoms with E-state index in [1.807, 2.05) is 39.8 Å². The zero-order valence-electron chi connectivity index (χ0n) is 12.9. The first-order chi connectivity index (χ1) is 9.79. The summed E-state index contributed by atoms with van der Waals surface area (Å²) in [5, 5.41) is 19.8. The number of aliphatic imine (C=N–C) groups is 1. The molecule has 110 valence electrons. The van der Waals surface area contributed by atoms with Crippen molar-refractivity contribution < 1.29 is 10.2 Å². The van der Waals surface area contributed by atoms with Gasteiger partial charge in [-0.15, -0.1) is 0 Å². The number of hydrogen-bond donors (Lipinski definition) is 2. The Kier molecular flexibility index (Phi) is 4.03. The highest BCUT2D eigenvalue weighted by atomic mass is 16.3. The molecule has 2 rings (SSSR count). The van der Waals surface area contributed by atoms with Crippen LogP contribution in [0.2, 0.25) is 0 Å². The summed E-state index contributed by atoms with van der Waals surface area (Å²) >= 11 is 0. The molecule has 3 heteroatoms. The molecule has 0 aromatic heterocycles. The first-order valence-corrected chi connectivity index (χ1v) is 6.95. The predicted molar refractivity (Wildman–Crippen MR) is 86.9 cm³/mol. The van der Waals surface area contributed by atoms with E-state index in [2.05, 4.69) is 4.99 Å². The van der Waals surface area contributed by atoms with Crippen LogP contribution in [0.4, 0.5) is 5.69 Å². The van der Waals surface area contributed by atoms with E-state index < -0.39 is 0 Å². The first-order valence-electron chi connectivity index (χ1n) is 6.95. The molecule has 0 amide bonds. The van der Waals surface area contributed by atoms with Crippen LogP contribution in [0.5, 0.6) is 11.5 Å². The molecule has 0 aliphatic heterocycles. The van der Waals surface area contributed by atoms with E-state index >= 15 is 0 Å². The van der Waals surface area contributed by atoms with Gasteiger partial charge in [-0.05, 0) is 42.2 Å². The molecule has 0 fully saturated rings. The molecule has 0 atom stereocenters. The molecule has 0 spiro atoms. The van der Waals surface area contributed by atoms with Crippen molar-refractivity contribution in [3.63, 3.8) is 0 Å². The molecule has 21 heavy (non-hydrogen) atoms. The van der Waals surface area contributed by atoms with Gasteiger partial charge in [0.25, 0.3) is 0 Å². The molecule has 0 aliphatic rings. The third-order valence-electron chi connectivity index (χ3n) is 3.40. The highest BCUT2D eigenvalue weighted by molar-refractivity contribution is 5.85. The summed E-state index contributed by atoms with van der Waals surface area (Å²) < 4.78 is 0. The summed E-state index contributed by atoms with van der Waals surface area (Å²) in [4.78, 5) is 4.46. The van der Waals surface area contributed by atoms with Crippen molar-refractivity contribution in [1.82, 2.24) is 0 Å². The number of aryl methyl sites for hydroxylation is 1. The van der Waals surface area contributed by atoms with Gasteiger partial charge in [-0.1, -0.05) is 32.9 Å². The molecule has 3 nitrogen and oxygen atoms in total. The molecule has 0 unspecified atom stereocenters. The van der Waals surface area contributed by atoms with Crippen molar-refractivity contribution in [1.29, 1.82) is 0 Å². The molecule has 0 saturated heterocycles. The fourth-order valence-corrected chi connectivity index (χ4v) is 2.16. The molecule has 0 saturated carbocycles. The number of phenolic OH excluding ortho intramolecular Hbond substituents is 2. The highest BCUT2D eigenvalue weighted by Gasteiger charge is 2.19. The maximum Gasteiger partial charge on any atom is 0.124 e. The van der Waals surface area contributed by atoms with Crippen LogP contribution in [0.1, 0.15) is 37.5 Å². The monoisotopic (exact) mass is 283 g/mol. The van der Waals surface area contributed by atoms with Gasteiger partial charge in [0.2, 0.25) is 0 Å². The van der Waals surface area contributed by atoms with E-state index in [0.29, 0.717) is 11.3 Å². The van der Waals surface area contributed by atoms with Gasteiger partial charge in [-0.3, -0.25) is 4.99 Å². The third-order valence-corrected chi connectivity index (χ3v) is 3.40. The Morgan fingerprint density at radius 3 is 2.29 bits per heavy atom. The minimum atomic E-state index is -0.156. The van der Waals surface area contributed by atoms with Crippen LogP contribution in [0.3, 0.4) is 0 Å². The van der Waals surface area contributed by atoms with Crippen molar-refractivity contribution >= 4 is 11.9 Å². The number of para-hydroxylation sites is 1. The van der Waals surface area contributed by atoms with Gasteiger partial charge in [-0.25, -0.2) is 0 Å². The summed E-state index contributed by atoms with van der Waals surface area (Å²) in [6.07, 6.45) is 1.64. The quantitative estimate of drug-likeness (QED) is 0.800. The Morgan fingerprint density at radius 1 is 1.00 bits per heavy atom. The Morgan fingerprint density at radius 2 is 1.67 bits per heavy atom. The van der Waals surface area contributed by atoms with Gasteiger partial charge < -0.3 is 10.2 Å². The van der Waals surface area contributed by atoms with Gasteiger partial charge >= 0.3 is 0 Å². The lowest BCUT2D eigenvalue weighted by molar-refractivity contribution is 0.446. The van der Waals surface area contributed by atoms with Gasteiger partial charge in [0.05, 0.1) is 5.69 Å².